The van der Waals surface area contributed by atoms with E-state index in [2.05, 4.69) is 22.8 Å². The second-order valence-electron chi connectivity index (χ2n) is 7.55. The Morgan fingerprint density at radius 2 is 2.03 bits per heavy atom. The van der Waals surface area contributed by atoms with Gasteiger partial charge in [-0.2, -0.15) is 0 Å². The van der Waals surface area contributed by atoms with Gasteiger partial charge in [0.25, 0.3) is 5.91 Å². The lowest BCUT2D eigenvalue weighted by molar-refractivity contribution is 0.102. The van der Waals surface area contributed by atoms with Crippen molar-refractivity contribution in [3.63, 3.8) is 0 Å². The van der Waals surface area contributed by atoms with Crippen LogP contribution in [0.1, 0.15) is 35.3 Å². The molecule has 0 aliphatic heterocycles. The third-order valence-corrected chi connectivity index (χ3v) is 4.81. The van der Waals surface area contributed by atoms with Crippen molar-refractivity contribution < 1.29 is 13.9 Å². The van der Waals surface area contributed by atoms with Gasteiger partial charge in [0.15, 0.2) is 0 Å². The maximum atomic E-state index is 12.7. The van der Waals surface area contributed by atoms with E-state index in [4.69, 9.17) is 9.15 Å². The summed E-state index contributed by atoms with van der Waals surface area (Å²) in [7, 11) is 1.85. The quantitative estimate of drug-likeness (QED) is 0.324. The first-order valence-corrected chi connectivity index (χ1v) is 10.2. The molecule has 2 N–H and O–H groups in total. The number of benzene rings is 2. The Morgan fingerprint density at radius 1 is 1.23 bits per heavy atom. The van der Waals surface area contributed by atoms with Gasteiger partial charge in [0.1, 0.15) is 23.6 Å². The average molecular weight is 420 g/mol. The summed E-state index contributed by atoms with van der Waals surface area (Å²) in [6, 6.07) is 13.6. The summed E-state index contributed by atoms with van der Waals surface area (Å²) in [5.41, 5.74) is 3.24. The summed E-state index contributed by atoms with van der Waals surface area (Å²) in [4.78, 5) is 25.2. The van der Waals surface area contributed by atoms with Gasteiger partial charge in [-0.1, -0.05) is 17.7 Å². The van der Waals surface area contributed by atoms with Gasteiger partial charge >= 0.3 is 5.63 Å². The Kier molecular flexibility index (Phi) is 7.26. The number of aryl methyl sites for hydroxylation is 1. The smallest absolute Gasteiger partial charge is 0.360 e. The first kappa shape index (κ1) is 22.3. The van der Waals surface area contributed by atoms with Crippen molar-refractivity contribution in [2.75, 3.05) is 25.5 Å². The molecule has 0 aliphatic rings. The molecule has 0 atom stereocenters. The monoisotopic (exact) mass is 419 g/mol. The molecule has 0 saturated heterocycles. The number of hydrogen-bond acceptors (Lipinski definition) is 5. The molecule has 0 bridgehead atoms. The largest absolute Gasteiger partial charge is 0.492 e. The van der Waals surface area contributed by atoms with Crippen LogP contribution in [0.4, 0.5) is 5.69 Å². The van der Waals surface area contributed by atoms with E-state index in [1.54, 1.807) is 24.3 Å². The first-order valence-electron chi connectivity index (χ1n) is 10.2. The second kappa shape index (κ2) is 10.1. The summed E-state index contributed by atoms with van der Waals surface area (Å²) < 4.78 is 11.2. The average Bonchev–Trinajstić information content (AvgIpc) is 2.75. The van der Waals surface area contributed by atoms with Gasteiger partial charge in [-0.25, -0.2) is 4.79 Å². The van der Waals surface area contributed by atoms with Crippen molar-refractivity contribution in [2.24, 2.45) is 0 Å². The summed E-state index contributed by atoms with van der Waals surface area (Å²) in [6.07, 6.45) is 2.77. The van der Waals surface area contributed by atoms with E-state index in [-0.39, 0.29) is 11.6 Å². The van der Waals surface area contributed by atoms with Gasteiger partial charge in [0, 0.05) is 23.1 Å². The highest BCUT2D eigenvalue weighted by atomic mass is 16.5. The number of fused-ring (bicyclic) bond motifs is 1. The van der Waals surface area contributed by atoms with Crippen LogP contribution in [0.2, 0.25) is 0 Å². The van der Waals surface area contributed by atoms with Crippen LogP contribution in [0.15, 0.2) is 57.3 Å². The Hall–Kier alpha value is -3.38. The summed E-state index contributed by atoms with van der Waals surface area (Å²) in [5.74, 6) is 0.287. The Morgan fingerprint density at radius 3 is 2.77 bits per heavy atom. The first-order chi connectivity index (χ1) is 14.9. The molecule has 1 radical (unpaired) electrons. The highest BCUT2D eigenvalue weighted by Gasteiger charge is 2.14. The lowest BCUT2D eigenvalue weighted by Crippen LogP contribution is -2.18. The zero-order chi connectivity index (χ0) is 22.4. The zero-order valence-electron chi connectivity index (χ0n) is 18.3. The van der Waals surface area contributed by atoms with Crippen LogP contribution in [0.3, 0.4) is 0 Å². The minimum atomic E-state index is -0.608. The topological polar surface area (TPSA) is 80.6 Å². The number of ether oxygens (including phenoxy) is 1. The van der Waals surface area contributed by atoms with E-state index in [0.717, 1.165) is 11.1 Å². The molecular formula is C25H27N2O4. The molecule has 6 heteroatoms. The number of allylic oxidation sites excluding steroid dienone is 2. The SMILES string of the molecule is CNCCOc1ccc2cc(NC(=O)c3cc[c]c(CC=C(C)C)c3)c(=O)oc2c1C. The van der Waals surface area contributed by atoms with Crippen LogP contribution in [0.5, 0.6) is 5.75 Å². The number of carbonyl (C=O) groups excluding carboxylic acids is 1. The van der Waals surface area contributed by atoms with Crippen LogP contribution in [-0.2, 0) is 6.42 Å². The summed E-state index contributed by atoms with van der Waals surface area (Å²) in [6.45, 7) is 7.10. The van der Waals surface area contributed by atoms with E-state index >= 15 is 0 Å². The third-order valence-electron chi connectivity index (χ3n) is 4.81. The van der Waals surface area contributed by atoms with Crippen LogP contribution < -0.4 is 21.0 Å². The molecule has 3 aromatic rings. The van der Waals surface area contributed by atoms with Crippen molar-refractivity contribution in [1.82, 2.24) is 5.32 Å². The number of carbonyl (C=O) groups is 1. The van der Waals surface area contributed by atoms with Crippen LogP contribution >= 0.6 is 0 Å². The molecule has 0 aliphatic carbocycles. The molecule has 31 heavy (non-hydrogen) atoms. The Labute approximate surface area is 181 Å². The minimum absolute atomic E-state index is 0.0967. The third kappa shape index (κ3) is 5.61. The molecule has 161 valence electrons. The van der Waals surface area contributed by atoms with Crippen molar-refractivity contribution in [3.8, 4) is 5.75 Å². The Balaban J connectivity index is 1.83. The normalized spacial score (nSPS) is 10.7. The van der Waals surface area contributed by atoms with Gasteiger partial charge in [0.2, 0.25) is 0 Å². The second-order valence-corrected chi connectivity index (χ2v) is 7.55. The highest BCUT2D eigenvalue weighted by molar-refractivity contribution is 6.05. The van der Waals surface area contributed by atoms with Crippen molar-refractivity contribution in [3.05, 3.63) is 81.2 Å². The molecule has 1 amide bonds. The maximum absolute atomic E-state index is 12.7. The Bertz CT molecular complexity index is 1170. The minimum Gasteiger partial charge on any atom is -0.492 e. The van der Waals surface area contributed by atoms with Crippen molar-refractivity contribution >= 4 is 22.6 Å². The fourth-order valence-electron chi connectivity index (χ4n) is 3.10. The van der Waals surface area contributed by atoms with Gasteiger partial charge in [0.05, 0.1) is 0 Å². The van der Waals surface area contributed by atoms with E-state index < -0.39 is 5.63 Å². The molecule has 0 saturated carbocycles. The molecule has 0 unspecified atom stereocenters. The van der Waals surface area contributed by atoms with Crippen molar-refractivity contribution in [1.29, 1.82) is 0 Å². The van der Waals surface area contributed by atoms with Gasteiger partial charge < -0.3 is 19.8 Å². The number of nitrogens with one attached hydrogen (secondary N) is 2. The fourth-order valence-corrected chi connectivity index (χ4v) is 3.10. The number of anilines is 1. The molecule has 0 spiro atoms. The fraction of sp³-hybridized carbons (Fsp3) is 0.280. The number of hydrogen-bond donors (Lipinski definition) is 2. The molecule has 6 nitrogen and oxygen atoms in total. The van der Waals surface area contributed by atoms with Gasteiger partial charge in [-0.05, 0) is 76.2 Å². The number of rotatable bonds is 8. The van der Waals surface area contributed by atoms with E-state index in [9.17, 15) is 9.59 Å². The van der Waals surface area contributed by atoms with E-state index in [0.29, 0.717) is 41.9 Å². The standard InChI is InChI=1S/C25H27N2O4/c1-16(2)8-9-18-6-5-7-20(14-18)24(28)27-21-15-19-10-11-22(30-13-12-26-4)17(3)23(19)31-25(21)29/h5,7-8,10-11,14-15,26H,9,12-13H2,1-4H3,(H,27,28). The summed E-state index contributed by atoms with van der Waals surface area (Å²) >= 11 is 0. The molecule has 1 heterocycles. The van der Waals surface area contributed by atoms with Crippen LogP contribution in [0.25, 0.3) is 11.0 Å². The zero-order valence-corrected chi connectivity index (χ0v) is 18.3. The van der Waals surface area contributed by atoms with Gasteiger partial charge in [-0.3, -0.25) is 4.79 Å². The molecule has 2 aromatic carbocycles. The maximum Gasteiger partial charge on any atom is 0.360 e. The van der Waals surface area contributed by atoms with E-state index in [1.165, 1.54) is 5.57 Å². The number of likely N-dealkylation sites (N-methyl/N-ethyl adjacent to an activating group) is 1. The molecule has 3 rings (SSSR count). The summed E-state index contributed by atoms with van der Waals surface area (Å²) in [5, 5.41) is 6.39. The lowest BCUT2D eigenvalue weighted by atomic mass is 10.1. The van der Waals surface area contributed by atoms with Gasteiger partial charge in [-0.15, -0.1) is 0 Å². The predicted molar refractivity (Wildman–Crippen MR) is 123 cm³/mol. The number of amides is 1. The molecule has 1 aromatic heterocycles. The van der Waals surface area contributed by atoms with Crippen LogP contribution in [-0.4, -0.2) is 26.1 Å². The molecule has 0 fully saturated rings. The lowest BCUT2D eigenvalue weighted by Gasteiger charge is -2.11. The van der Waals surface area contributed by atoms with Crippen molar-refractivity contribution in [2.45, 2.75) is 27.2 Å². The highest BCUT2D eigenvalue weighted by Crippen LogP contribution is 2.27. The van der Waals surface area contributed by atoms with Crippen LogP contribution in [0, 0.1) is 13.0 Å². The predicted octanol–water partition coefficient (Wildman–Crippen LogP) is 4.26. The molecular weight excluding hydrogens is 392 g/mol. The van der Waals surface area contributed by atoms with E-state index in [1.807, 2.05) is 40.0 Å².